The molecule has 5 rings (SSSR count). The molecule has 1 aliphatic rings. The zero-order chi connectivity index (χ0) is 53.4. The number of hydrogen-bond donors (Lipinski definition) is 7. The fraction of sp³-hybridized carbons (Fsp3) is 0.353. The Balaban J connectivity index is 1.38. The van der Waals surface area contributed by atoms with Crippen molar-refractivity contribution in [1.82, 2.24) is 41.0 Å². The summed E-state index contributed by atoms with van der Waals surface area (Å²) < 4.78 is 36.8. The molecule has 0 aliphatic carbocycles. The number of nitrogens with one attached hydrogen (secondary N) is 5. The van der Waals surface area contributed by atoms with Crippen LogP contribution in [0.25, 0.3) is 11.1 Å². The first-order valence-electron chi connectivity index (χ1n) is 23.2. The molecule has 0 spiro atoms. The van der Waals surface area contributed by atoms with E-state index in [-0.39, 0.29) is 50.3 Å². The van der Waals surface area contributed by atoms with Crippen LogP contribution in [0.3, 0.4) is 0 Å². The van der Waals surface area contributed by atoms with Crippen LogP contribution >= 0.6 is 0 Å². The second kappa shape index (κ2) is 25.7. The maximum absolute atomic E-state index is 15.3. The molecule has 1 aromatic heterocycles. The Bertz CT molecular complexity index is 2680. The summed E-state index contributed by atoms with van der Waals surface area (Å²) in [4.78, 5) is 118. The number of primary amides is 1. The minimum atomic E-state index is -1.66. The van der Waals surface area contributed by atoms with Gasteiger partial charge < -0.3 is 51.6 Å². The number of nitrogens with two attached hydrogens (primary N) is 1. The fourth-order valence-corrected chi connectivity index (χ4v) is 7.90. The van der Waals surface area contributed by atoms with Crippen LogP contribution < -0.4 is 32.3 Å². The van der Waals surface area contributed by atoms with E-state index in [1.54, 1.807) is 47.2 Å². The van der Waals surface area contributed by atoms with E-state index < -0.39 is 114 Å². The largest absolute Gasteiger partial charge is 0.445 e. The monoisotopic (exact) mass is 1010 g/mol. The van der Waals surface area contributed by atoms with Crippen molar-refractivity contribution in [2.24, 2.45) is 11.1 Å². The Morgan fingerprint density at radius 1 is 0.781 bits per heavy atom. The van der Waals surface area contributed by atoms with Crippen molar-refractivity contribution >= 4 is 53.4 Å². The van der Waals surface area contributed by atoms with Crippen LogP contribution in [0, 0.1) is 17.0 Å². The van der Waals surface area contributed by atoms with Crippen molar-refractivity contribution in [3.05, 3.63) is 132 Å². The van der Waals surface area contributed by atoms with Crippen LogP contribution in [0.15, 0.2) is 103 Å². The second-order valence-corrected chi connectivity index (χ2v) is 18.1. The number of halogens is 2. The Morgan fingerprint density at radius 2 is 1.41 bits per heavy atom. The number of carbonyl (C=O) groups excluding carboxylic acids is 9. The summed E-state index contributed by atoms with van der Waals surface area (Å²) in [6, 6.07) is 17.2. The van der Waals surface area contributed by atoms with Gasteiger partial charge in [-0.15, -0.1) is 0 Å². The van der Waals surface area contributed by atoms with Gasteiger partial charge in [0.25, 0.3) is 11.8 Å². The summed E-state index contributed by atoms with van der Waals surface area (Å²) in [6.45, 7) is 4.49. The Kier molecular flexibility index (Phi) is 19.6. The minimum absolute atomic E-state index is 0.0519. The van der Waals surface area contributed by atoms with Gasteiger partial charge in [-0.1, -0.05) is 81.4 Å². The number of rotatable bonds is 24. The van der Waals surface area contributed by atoms with E-state index in [1.165, 1.54) is 11.8 Å². The molecule has 73 heavy (non-hydrogen) atoms. The molecule has 2 heterocycles. The lowest BCUT2D eigenvalue weighted by atomic mass is 9.82. The SMILES string of the molecule is C[C@H](NC(=O)OCc1ccccc1)C(=O)N[C@@H](CC(=O)N[C@@H](CCN(C(=O)CO)[C@@H](c1cc(-c2cc(F)ccc2F)cn1Cc1ccccc1)C(C)(C)C)C(=O)NCCNC(=O)CN1C(=O)C=CC1=O)C(N)=O. The van der Waals surface area contributed by atoms with E-state index >= 15 is 4.39 Å². The normalized spacial score (nSPS) is 13.8. The van der Waals surface area contributed by atoms with Gasteiger partial charge in [-0.2, -0.15) is 0 Å². The Labute approximate surface area is 419 Å². The van der Waals surface area contributed by atoms with E-state index in [0.717, 1.165) is 35.9 Å². The number of imide groups is 1. The molecule has 8 N–H and O–H groups in total. The number of aliphatic hydroxyl groups is 1. The molecule has 0 fully saturated rings. The first-order chi connectivity index (χ1) is 34.6. The van der Waals surface area contributed by atoms with Gasteiger partial charge in [0.2, 0.25) is 35.4 Å². The highest BCUT2D eigenvalue weighted by molar-refractivity contribution is 6.14. The Morgan fingerprint density at radius 3 is 2.03 bits per heavy atom. The summed E-state index contributed by atoms with van der Waals surface area (Å²) >= 11 is 0. The van der Waals surface area contributed by atoms with Gasteiger partial charge in [0.15, 0.2) is 0 Å². The predicted molar refractivity (Wildman–Crippen MR) is 260 cm³/mol. The molecular weight excluding hydrogens is 953 g/mol. The van der Waals surface area contributed by atoms with E-state index in [2.05, 4.69) is 26.6 Å². The molecule has 0 saturated carbocycles. The van der Waals surface area contributed by atoms with Gasteiger partial charge in [-0.3, -0.25) is 43.3 Å². The van der Waals surface area contributed by atoms with Crippen LogP contribution in [0.4, 0.5) is 13.6 Å². The van der Waals surface area contributed by atoms with Gasteiger partial charge in [-0.25, -0.2) is 13.6 Å². The van der Waals surface area contributed by atoms with Crippen LogP contribution in [0.5, 0.6) is 0 Å². The van der Waals surface area contributed by atoms with Crippen molar-refractivity contribution < 1.29 is 61.8 Å². The smallest absolute Gasteiger partial charge is 0.408 e. The highest BCUT2D eigenvalue weighted by atomic mass is 19.1. The van der Waals surface area contributed by atoms with Gasteiger partial charge in [-0.05, 0) is 54.2 Å². The molecule has 22 heteroatoms. The molecule has 1 aliphatic heterocycles. The highest BCUT2D eigenvalue weighted by Crippen LogP contribution is 2.41. The van der Waals surface area contributed by atoms with E-state index in [9.17, 15) is 52.6 Å². The van der Waals surface area contributed by atoms with Crippen LogP contribution in [0.1, 0.15) is 63.4 Å². The fourth-order valence-electron chi connectivity index (χ4n) is 7.90. The summed E-state index contributed by atoms with van der Waals surface area (Å²) in [5, 5.41) is 22.6. The molecule has 9 amide bonds. The zero-order valence-corrected chi connectivity index (χ0v) is 40.7. The quantitative estimate of drug-likeness (QED) is 0.0394. The van der Waals surface area contributed by atoms with Gasteiger partial charge in [0, 0.05) is 61.3 Å². The standard InChI is InChI=1S/C51H59F2N9O11/c1-31(57-50(72)73-30-33-13-9-6-10-14-33)48(70)59-39(47(54)69)25-41(64)58-38(49(71)56-21-20-55-42(65)28-62-43(66)17-18-44(62)67)19-22-61(45(68)29-63)46(51(2,3)4)40-23-34(36-24-35(52)15-16-37(36)53)27-60(40)26-32-11-7-5-8-12-32/h5-18,23-24,27,31,38-39,46,63H,19-22,25-26,28-30H2,1-4H3,(H2,54,69)(H,55,65)(H,56,71)(H,57,72)(H,58,64)(H,59,70)/t31-,38-,39-,46-/m0/s1. The third-order valence-electron chi connectivity index (χ3n) is 11.5. The summed E-state index contributed by atoms with van der Waals surface area (Å²) in [7, 11) is 0. The van der Waals surface area contributed by atoms with Crippen molar-refractivity contribution in [3.8, 4) is 11.1 Å². The molecule has 388 valence electrons. The van der Waals surface area contributed by atoms with Crippen molar-refractivity contribution in [2.75, 3.05) is 32.8 Å². The van der Waals surface area contributed by atoms with Crippen molar-refractivity contribution in [1.29, 1.82) is 0 Å². The van der Waals surface area contributed by atoms with E-state index in [1.807, 2.05) is 51.1 Å². The number of hydrogen-bond acceptors (Lipinski definition) is 11. The third-order valence-corrected chi connectivity index (χ3v) is 11.5. The molecule has 0 unspecified atom stereocenters. The Hall–Kier alpha value is -8.27. The molecule has 0 radical (unpaired) electrons. The molecule has 20 nitrogen and oxygen atoms in total. The molecule has 4 atom stereocenters. The lowest BCUT2D eigenvalue weighted by Crippen LogP contribution is -2.55. The van der Waals surface area contributed by atoms with Crippen molar-refractivity contribution in [2.45, 2.75) is 77.9 Å². The summed E-state index contributed by atoms with van der Waals surface area (Å²) in [5.41, 5.74) is 6.90. The molecular formula is C51H59F2N9O11. The minimum Gasteiger partial charge on any atom is -0.445 e. The van der Waals surface area contributed by atoms with E-state index in [4.69, 9.17) is 10.5 Å². The number of aromatic nitrogens is 1. The van der Waals surface area contributed by atoms with Crippen LogP contribution in [0.2, 0.25) is 0 Å². The highest BCUT2D eigenvalue weighted by Gasteiger charge is 2.38. The predicted octanol–water partition coefficient (Wildman–Crippen LogP) is 2.10. The first kappa shape index (κ1) is 55.7. The number of ether oxygens (including phenoxy) is 1. The van der Waals surface area contributed by atoms with Crippen molar-refractivity contribution in [3.63, 3.8) is 0 Å². The number of carbonyl (C=O) groups is 9. The molecule has 0 saturated heterocycles. The lowest BCUT2D eigenvalue weighted by molar-refractivity contribution is -0.141. The lowest BCUT2D eigenvalue weighted by Gasteiger charge is -2.41. The second-order valence-electron chi connectivity index (χ2n) is 18.1. The number of aliphatic hydroxyl groups excluding tert-OH is 1. The van der Waals surface area contributed by atoms with Gasteiger partial charge in [0.1, 0.15) is 49.5 Å². The maximum Gasteiger partial charge on any atom is 0.408 e. The van der Waals surface area contributed by atoms with Crippen LogP contribution in [-0.2, 0) is 56.2 Å². The van der Waals surface area contributed by atoms with E-state index in [0.29, 0.717) is 16.2 Å². The number of benzene rings is 3. The van der Waals surface area contributed by atoms with Crippen LogP contribution in [-0.4, -0.2) is 124 Å². The maximum atomic E-state index is 15.3. The number of alkyl carbamates (subject to hydrolysis) is 1. The number of nitrogens with zero attached hydrogens (tertiary/aromatic N) is 3. The average Bonchev–Trinajstić information content (AvgIpc) is 3.90. The molecule has 3 aromatic carbocycles. The topological polar surface area (TPSA) is 281 Å². The molecule has 4 aromatic rings. The summed E-state index contributed by atoms with van der Waals surface area (Å²) in [6.07, 6.45) is 1.55. The summed E-state index contributed by atoms with van der Waals surface area (Å²) in [5.74, 6) is -8.14. The van der Waals surface area contributed by atoms with Gasteiger partial charge >= 0.3 is 6.09 Å². The third kappa shape index (κ3) is 16.1. The average molecular weight is 1010 g/mol. The number of amides is 9. The zero-order valence-electron chi connectivity index (χ0n) is 40.7. The van der Waals surface area contributed by atoms with Gasteiger partial charge in [0.05, 0.1) is 12.5 Å². The molecule has 0 bridgehead atoms. The first-order valence-corrected chi connectivity index (χ1v) is 23.2.